The zero-order valence-electron chi connectivity index (χ0n) is 10.6. The molecule has 18 heavy (non-hydrogen) atoms. The van der Waals surface area contributed by atoms with Gasteiger partial charge < -0.3 is 4.74 Å². The van der Waals surface area contributed by atoms with Crippen molar-refractivity contribution in [2.24, 2.45) is 0 Å². The molecule has 1 heterocycles. The highest BCUT2D eigenvalue weighted by Crippen LogP contribution is 2.22. The first kappa shape index (κ1) is 13.0. The summed E-state index contributed by atoms with van der Waals surface area (Å²) in [4.78, 5) is 0. The summed E-state index contributed by atoms with van der Waals surface area (Å²) < 4.78 is 7.72. The third-order valence-corrected chi connectivity index (χ3v) is 3.23. The minimum Gasteiger partial charge on any atom is -0.383 e. The van der Waals surface area contributed by atoms with Crippen LogP contribution in [0.4, 0.5) is 0 Å². The molecule has 0 bridgehead atoms. The molecule has 1 aromatic heterocycles. The van der Waals surface area contributed by atoms with E-state index in [0.717, 1.165) is 17.8 Å². The molecule has 0 aliphatic carbocycles. The first-order valence-electron chi connectivity index (χ1n) is 6.00. The van der Waals surface area contributed by atoms with E-state index in [2.05, 4.69) is 29.3 Å². The summed E-state index contributed by atoms with van der Waals surface area (Å²) in [7, 11) is 1.68. The van der Waals surface area contributed by atoms with Crippen LogP contribution in [0.5, 0.6) is 0 Å². The molecular weight excluding hydrogens is 246 g/mol. The Kier molecular flexibility index (Phi) is 4.28. The smallest absolute Gasteiger partial charge is 0.195 e. The van der Waals surface area contributed by atoms with Crippen molar-refractivity contribution in [2.45, 2.75) is 19.9 Å². The summed E-state index contributed by atoms with van der Waals surface area (Å²) in [6, 6.07) is 8.26. The Hall–Kier alpha value is -1.46. The van der Waals surface area contributed by atoms with E-state index in [-0.39, 0.29) is 0 Å². The second-order valence-electron chi connectivity index (χ2n) is 4.01. The number of nitrogens with one attached hydrogen (secondary N) is 1. The van der Waals surface area contributed by atoms with Gasteiger partial charge in [-0.2, -0.15) is 5.10 Å². The van der Waals surface area contributed by atoms with Gasteiger partial charge in [0.05, 0.1) is 13.2 Å². The number of aromatic nitrogens is 3. The normalized spacial score (nSPS) is 10.8. The predicted octanol–water partition coefficient (Wildman–Crippen LogP) is 2.82. The summed E-state index contributed by atoms with van der Waals surface area (Å²) in [5.41, 5.74) is 2.40. The Balaban J connectivity index is 2.47. The first-order chi connectivity index (χ1) is 8.77. The molecule has 0 saturated carbocycles. The Morgan fingerprint density at radius 1 is 1.39 bits per heavy atom. The van der Waals surface area contributed by atoms with Gasteiger partial charge in [0.2, 0.25) is 0 Å². The van der Waals surface area contributed by atoms with Crippen LogP contribution in [-0.2, 0) is 17.7 Å². The fourth-order valence-electron chi connectivity index (χ4n) is 1.96. The van der Waals surface area contributed by atoms with E-state index in [1.165, 1.54) is 5.56 Å². The minimum absolute atomic E-state index is 0.620. The topological polar surface area (TPSA) is 42.8 Å². The van der Waals surface area contributed by atoms with E-state index < -0.39 is 0 Å². The second kappa shape index (κ2) is 5.93. The molecule has 0 aliphatic heterocycles. The van der Waals surface area contributed by atoms with Crippen molar-refractivity contribution in [1.29, 1.82) is 0 Å². The van der Waals surface area contributed by atoms with Gasteiger partial charge in [-0.25, -0.2) is 0 Å². The molecule has 0 aliphatic rings. The van der Waals surface area contributed by atoms with Crippen molar-refractivity contribution in [3.8, 4) is 11.4 Å². The predicted molar refractivity (Wildman–Crippen MR) is 74.1 cm³/mol. The third kappa shape index (κ3) is 2.52. The van der Waals surface area contributed by atoms with Crippen LogP contribution in [0.25, 0.3) is 11.4 Å². The van der Waals surface area contributed by atoms with Crippen LogP contribution in [0.1, 0.15) is 12.5 Å². The summed E-state index contributed by atoms with van der Waals surface area (Å²) in [6.07, 6.45) is 0.972. The largest absolute Gasteiger partial charge is 0.383 e. The van der Waals surface area contributed by atoms with Gasteiger partial charge in [0.15, 0.2) is 10.6 Å². The zero-order valence-corrected chi connectivity index (χ0v) is 11.5. The molecule has 0 spiro atoms. The lowest BCUT2D eigenvalue weighted by atomic mass is 10.0. The fraction of sp³-hybridized carbons (Fsp3) is 0.385. The van der Waals surface area contributed by atoms with Gasteiger partial charge >= 0.3 is 0 Å². The van der Waals surface area contributed by atoms with Crippen LogP contribution in [0, 0.1) is 4.77 Å². The number of rotatable bonds is 5. The zero-order chi connectivity index (χ0) is 13.0. The maximum atomic E-state index is 5.26. The van der Waals surface area contributed by atoms with Crippen LogP contribution >= 0.6 is 12.2 Å². The molecule has 0 unspecified atom stereocenters. The molecule has 2 rings (SSSR count). The molecule has 4 nitrogen and oxygen atoms in total. The van der Waals surface area contributed by atoms with Gasteiger partial charge in [0, 0.05) is 12.7 Å². The quantitative estimate of drug-likeness (QED) is 0.844. The molecule has 2 aromatic rings. The Bertz CT molecular complexity index is 574. The number of hydrogen-bond acceptors (Lipinski definition) is 3. The van der Waals surface area contributed by atoms with Crippen molar-refractivity contribution in [2.75, 3.05) is 13.7 Å². The van der Waals surface area contributed by atoms with E-state index in [1.807, 2.05) is 16.7 Å². The van der Waals surface area contributed by atoms with Crippen molar-refractivity contribution < 1.29 is 4.74 Å². The standard InChI is InChI=1S/C13H17N3OS/c1-3-10-6-4-5-7-11(10)12-14-15-13(18)16(12)8-9-17-2/h4-7H,3,8-9H2,1-2H3,(H,15,18). The van der Waals surface area contributed by atoms with Crippen molar-refractivity contribution in [1.82, 2.24) is 14.8 Å². The number of hydrogen-bond donors (Lipinski definition) is 1. The highest BCUT2D eigenvalue weighted by atomic mass is 32.1. The van der Waals surface area contributed by atoms with Gasteiger partial charge in [-0.3, -0.25) is 9.67 Å². The molecule has 96 valence electrons. The van der Waals surface area contributed by atoms with Gasteiger partial charge in [-0.1, -0.05) is 31.2 Å². The van der Waals surface area contributed by atoms with Crippen molar-refractivity contribution in [3.05, 3.63) is 34.6 Å². The lowest BCUT2D eigenvalue weighted by Crippen LogP contribution is -2.07. The number of ether oxygens (including phenoxy) is 1. The highest BCUT2D eigenvalue weighted by Gasteiger charge is 2.11. The first-order valence-corrected chi connectivity index (χ1v) is 6.41. The summed E-state index contributed by atoms with van der Waals surface area (Å²) >= 11 is 5.26. The van der Waals surface area contributed by atoms with Gasteiger partial charge in [0.25, 0.3) is 0 Å². The van der Waals surface area contributed by atoms with Crippen LogP contribution in [-0.4, -0.2) is 28.5 Å². The molecule has 0 atom stereocenters. The molecule has 1 aromatic carbocycles. The average molecular weight is 263 g/mol. The number of benzene rings is 1. The van der Waals surface area contributed by atoms with Crippen molar-refractivity contribution >= 4 is 12.2 Å². The van der Waals surface area contributed by atoms with E-state index in [9.17, 15) is 0 Å². The van der Waals surface area contributed by atoms with E-state index in [4.69, 9.17) is 17.0 Å². The van der Waals surface area contributed by atoms with Crippen LogP contribution < -0.4 is 0 Å². The third-order valence-electron chi connectivity index (χ3n) is 2.92. The average Bonchev–Trinajstić information content (AvgIpc) is 2.77. The molecule has 0 fully saturated rings. The van der Waals surface area contributed by atoms with Crippen LogP contribution in [0.15, 0.2) is 24.3 Å². The lowest BCUT2D eigenvalue weighted by molar-refractivity contribution is 0.187. The maximum absolute atomic E-state index is 5.26. The molecular formula is C13H17N3OS. The highest BCUT2D eigenvalue weighted by molar-refractivity contribution is 7.71. The molecule has 0 radical (unpaired) electrons. The van der Waals surface area contributed by atoms with Crippen molar-refractivity contribution in [3.63, 3.8) is 0 Å². The molecule has 0 amide bonds. The monoisotopic (exact) mass is 263 g/mol. The number of nitrogens with zero attached hydrogens (tertiary/aromatic N) is 2. The maximum Gasteiger partial charge on any atom is 0.195 e. The van der Waals surface area contributed by atoms with E-state index in [0.29, 0.717) is 17.9 Å². The minimum atomic E-state index is 0.620. The number of H-pyrrole nitrogens is 1. The Labute approximate surface area is 112 Å². The Morgan fingerprint density at radius 2 is 2.17 bits per heavy atom. The van der Waals surface area contributed by atoms with Gasteiger partial charge in [-0.05, 0) is 24.2 Å². The second-order valence-corrected chi connectivity index (χ2v) is 4.39. The summed E-state index contributed by atoms with van der Waals surface area (Å²) in [6.45, 7) is 3.47. The molecule has 5 heteroatoms. The van der Waals surface area contributed by atoms with E-state index in [1.54, 1.807) is 7.11 Å². The van der Waals surface area contributed by atoms with Gasteiger partial charge in [-0.15, -0.1) is 0 Å². The fourth-order valence-corrected chi connectivity index (χ4v) is 2.18. The SMILES string of the molecule is CCc1ccccc1-c1n[nH]c(=S)n1CCOC. The number of aryl methyl sites for hydroxylation is 1. The summed E-state index contributed by atoms with van der Waals surface area (Å²) in [5, 5.41) is 7.19. The Morgan fingerprint density at radius 3 is 2.89 bits per heavy atom. The summed E-state index contributed by atoms with van der Waals surface area (Å²) in [5.74, 6) is 0.884. The molecule has 0 saturated heterocycles. The van der Waals surface area contributed by atoms with E-state index >= 15 is 0 Å². The number of aromatic amines is 1. The molecule has 1 N–H and O–H groups in total. The van der Waals surface area contributed by atoms with Crippen LogP contribution in [0.3, 0.4) is 0 Å². The van der Waals surface area contributed by atoms with Crippen LogP contribution in [0.2, 0.25) is 0 Å². The lowest BCUT2D eigenvalue weighted by Gasteiger charge is -2.09. The van der Waals surface area contributed by atoms with Gasteiger partial charge in [0.1, 0.15) is 0 Å². The number of methoxy groups -OCH3 is 1.